The number of benzene rings is 2. The monoisotopic (exact) mass is 386 g/mol. The predicted molar refractivity (Wildman–Crippen MR) is 93.6 cm³/mol. The molecule has 0 bridgehead atoms. The molecule has 2 rings (SSSR count). The van der Waals surface area contributed by atoms with E-state index in [1.54, 1.807) is 0 Å². The maximum absolute atomic E-state index is 8.10. The second kappa shape index (κ2) is 23.9. The van der Waals surface area contributed by atoms with Gasteiger partial charge in [-0.15, -0.1) is 24.3 Å². The number of hydrogen-bond donors (Lipinski definition) is 0. The second-order valence-electron chi connectivity index (χ2n) is 3.55. The van der Waals surface area contributed by atoms with Crippen LogP contribution in [0.15, 0.2) is 86.0 Å². The van der Waals surface area contributed by atoms with Gasteiger partial charge in [0.05, 0.1) is 0 Å². The van der Waals surface area contributed by atoms with Crippen molar-refractivity contribution in [3.05, 3.63) is 125 Å². The zero-order valence-electron chi connectivity index (χ0n) is 12.9. The molecule has 0 unspecified atom stereocenters. The van der Waals surface area contributed by atoms with E-state index in [0.29, 0.717) is 0 Å². The van der Waals surface area contributed by atoms with Crippen LogP contribution in [0.5, 0.6) is 0 Å². The Morgan fingerprint density at radius 1 is 0.682 bits per heavy atom. The van der Waals surface area contributed by atoms with Crippen molar-refractivity contribution in [2.24, 2.45) is 0 Å². The van der Waals surface area contributed by atoms with E-state index in [1.165, 1.54) is 31.3 Å². The standard InChI is InChI=1S/2C7H7.2C3H5.O.Pd/c2*1-7-5-3-2-4-6-7;2*1-3-2;;/h2*2-6H,1H2;2*3H,1-2H2;;/q4*-1;;. The fourth-order valence-electron chi connectivity index (χ4n) is 0.956. The van der Waals surface area contributed by atoms with Crippen LogP contribution < -0.4 is 0 Å². The molecule has 1 nitrogen and oxygen atoms in total. The van der Waals surface area contributed by atoms with Crippen molar-refractivity contribution in [3.63, 3.8) is 0 Å². The summed E-state index contributed by atoms with van der Waals surface area (Å²) in [4.78, 5) is 0. The average molecular weight is 387 g/mol. The molecule has 0 fully saturated rings. The van der Waals surface area contributed by atoms with Crippen molar-refractivity contribution in [1.29, 1.82) is 0 Å². The Labute approximate surface area is 147 Å². The number of allylic oxidation sites excluding steroid dienone is 2. The molecule has 0 atom stereocenters. The third-order valence-electron chi connectivity index (χ3n) is 1.69. The number of rotatable bonds is 0. The van der Waals surface area contributed by atoms with Gasteiger partial charge in [-0.1, -0.05) is 12.1 Å². The fraction of sp³-hybridized carbons (Fsp3) is 0. The van der Waals surface area contributed by atoms with E-state index in [4.69, 9.17) is 3.47 Å². The van der Waals surface area contributed by atoms with Crippen LogP contribution in [0.4, 0.5) is 0 Å². The molecular weight excluding hydrogens is 363 g/mol. The molecule has 0 amide bonds. The second-order valence-corrected chi connectivity index (χ2v) is 3.55. The molecule has 2 aromatic carbocycles. The summed E-state index contributed by atoms with van der Waals surface area (Å²) >= 11 is 1.50. The molecular formula is C20H24OPd-4. The van der Waals surface area contributed by atoms with E-state index in [9.17, 15) is 0 Å². The molecule has 0 saturated heterocycles. The normalized spacial score (nSPS) is 6.82. The van der Waals surface area contributed by atoms with Gasteiger partial charge in [-0.3, -0.25) is 0 Å². The van der Waals surface area contributed by atoms with Crippen molar-refractivity contribution in [1.82, 2.24) is 0 Å². The molecule has 0 saturated carbocycles. The zero-order chi connectivity index (χ0) is 17.6. The van der Waals surface area contributed by atoms with Gasteiger partial charge in [-0.2, -0.15) is 49.2 Å². The van der Waals surface area contributed by atoms with Gasteiger partial charge in [0.2, 0.25) is 0 Å². The van der Waals surface area contributed by atoms with E-state index >= 15 is 0 Å². The Balaban J connectivity index is -0.000000227. The molecule has 2 heteroatoms. The predicted octanol–water partition coefficient (Wildman–Crippen LogP) is 5.63. The quantitative estimate of drug-likeness (QED) is 0.423. The van der Waals surface area contributed by atoms with Gasteiger partial charge in [0, 0.05) is 0 Å². The van der Waals surface area contributed by atoms with Gasteiger partial charge in [0.1, 0.15) is 0 Å². The van der Waals surface area contributed by atoms with Crippen LogP contribution in [0.3, 0.4) is 0 Å². The first kappa shape index (κ1) is 24.9. The first-order valence-electron chi connectivity index (χ1n) is 6.29. The summed E-state index contributed by atoms with van der Waals surface area (Å²) < 4.78 is 8.10. The first-order valence-corrected chi connectivity index (χ1v) is 6.93. The van der Waals surface area contributed by atoms with E-state index < -0.39 is 0 Å². The van der Waals surface area contributed by atoms with Crippen LogP contribution in [0.25, 0.3) is 0 Å². The molecule has 0 radical (unpaired) electrons. The van der Waals surface area contributed by atoms with Crippen molar-refractivity contribution in [3.8, 4) is 0 Å². The molecule has 2 aromatic rings. The van der Waals surface area contributed by atoms with Gasteiger partial charge < -0.3 is 0 Å². The SMILES string of the molecule is C=C[CH2-].C=C[CH2-].[CH2-]c1ccccc1.[CH2-]c1ccccc1.[O]=[Pd]. The minimum atomic E-state index is 1.07. The Morgan fingerprint density at radius 3 is 0.955 bits per heavy atom. The van der Waals surface area contributed by atoms with E-state index in [0.717, 1.165) is 11.1 Å². The third-order valence-corrected chi connectivity index (χ3v) is 1.69. The maximum atomic E-state index is 8.10. The van der Waals surface area contributed by atoms with Crippen LogP contribution >= 0.6 is 0 Å². The van der Waals surface area contributed by atoms with Gasteiger partial charge in [0.25, 0.3) is 0 Å². The molecule has 0 aromatic heterocycles. The molecule has 0 N–H and O–H groups in total. The van der Waals surface area contributed by atoms with Gasteiger partial charge in [0.15, 0.2) is 0 Å². The molecule has 124 valence electrons. The van der Waals surface area contributed by atoms with E-state index in [-0.39, 0.29) is 0 Å². The van der Waals surface area contributed by atoms with Crippen LogP contribution in [-0.4, -0.2) is 0 Å². The Kier molecular flexibility index (Phi) is 27.0. The van der Waals surface area contributed by atoms with Crippen molar-refractivity contribution in [2.75, 3.05) is 0 Å². The number of hydrogen-bond acceptors (Lipinski definition) is 1. The average Bonchev–Trinajstić information content (AvgIpc) is 2.53. The summed E-state index contributed by atoms with van der Waals surface area (Å²) in [5.41, 5.74) is 2.14. The van der Waals surface area contributed by atoms with E-state index in [2.05, 4.69) is 40.9 Å². The topological polar surface area (TPSA) is 17.1 Å². The zero-order valence-corrected chi connectivity index (χ0v) is 14.4. The van der Waals surface area contributed by atoms with Gasteiger partial charge in [-0.25, -0.2) is 39.2 Å². The van der Waals surface area contributed by atoms with Crippen LogP contribution in [-0.2, 0) is 22.6 Å². The first-order chi connectivity index (χ1) is 10.6. The van der Waals surface area contributed by atoms with Crippen molar-refractivity contribution < 1.29 is 22.6 Å². The van der Waals surface area contributed by atoms with Gasteiger partial charge >= 0.3 is 22.6 Å². The molecule has 0 heterocycles. The Hall–Kier alpha value is -2.14. The van der Waals surface area contributed by atoms with E-state index in [1.807, 2.05) is 60.7 Å². The fourth-order valence-corrected chi connectivity index (χ4v) is 0.956. The van der Waals surface area contributed by atoms with Crippen LogP contribution in [0, 0.1) is 27.7 Å². The Bertz CT molecular complexity index is 394. The van der Waals surface area contributed by atoms with Crippen LogP contribution in [0.1, 0.15) is 11.1 Å². The van der Waals surface area contributed by atoms with Crippen molar-refractivity contribution >= 4 is 0 Å². The molecule has 0 aliphatic rings. The summed E-state index contributed by atoms with van der Waals surface area (Å²) in [6, 6.07) is 19.7. The summed E-state index contributed by atoms with van der Waals surface area (Å²) in [5.74, 6) is 0. The van der Waals surface area contributed by atoms with Crippen LogP contribution in [0.2, 0.25) is 0 Å². The van der Waals surface area contributed by atoms with Crippen molar-refractivity contribution in [2.45, 2.75) is 0 Å². The minimum absolute atomic E-state index is 1.07. The third kappa shape index (κ3) is 26.4. The van der Waals surface area contributed by atoms with Gasteiger partial charge in [-0.05, 0) is 0 Å². The summed E-state index contributed by atoms with van der Waals surface area (Å²) in [5, 5.41) is 0. The molecule has 0 aliphatic carbocycles. The Morgan fingerprint density at radius 2 is 0.864 bits per heavy atom. The molecule has 0 spiro atoms. The molecule has 0 aliphatic heterocycles. The summed E-state index contributed by atoms with van der Waals surface area (Å²) in [6.07, 6.45) is 3.00. The molecule has 22 heavy (non-hydrogen) atoms. The summed E-state index contributed by atoms with van der Waals surface area (Å²) in [6.45, 7) is 20.4. The summed E-state index contributed by atoms with van der Waals surface area (Å²) in [7, 11) is 0.